The molecule has 2 fully saturated rings. The number of hydrogen-bond acceptors (Lipinski definition) is 6. The van der Waals surface area contributed by atoms with Crippen LogP contribution in [0.15, 0.2) is 42.9 Å². The van der Waals surface area contributed by atoms with Crippen molar-refractivity contribution < 1.29 is 27.6 Å². The standard InChI is InChI=1S/C26H28F3N7O3/c1-33(19-5-9-34(10-6-19)25-31-13-18(14-32-25)26(27,28)29)24(39)20-7-11-36(20)22(37)15-35-8-4-16-2-3-17(23(30)38)12-21(16)35/h2-4,8,12-14,19-20H,5-7,9-11,15H2,1H3,(H2,30,38). The molecule has 3 aromatic rings. The smallest absolute Gasteiger partial charge is 0.366 e. The number of amides is 3. The number of carbonyl (C=O) groups excluding carboxylic acids is 3. The minimum Gasteiger partial charge on any atom is -0.366 e. The van der Waals surface area contributed by atoms with E-state index in [2.05, 4.69) is 9.97 Å². The quantitative estimate of drug-likeness (QED) is 0.510. The van der Waals surface area contributed by atoms with Gasteiger partial charge in [0.25, 0.3) is 0 Å². The lowest BCUT2D eigenvalue weighted by Gasteiger charge is -2.44. The number of carbonyl (C=O) groups is 3. The van der Waals surface area contributed by atoms with Crippen LogP contribution in [0.3, 0.4) is 0 Å². The molecule has 0 radical (unpaired) electrons. The van der Waals surface area contributed by atoms with Gasteiger partial charge < -0.3 is 25.0 Å². The minimum atomic E-state index is -4.49. The second-order valence-corrected chi connectivity index (χ2v) is 9.91. The number of likely N-dealkylation sites (tertiary alicyclic amines) is 1. The largest absolute Gasteiger partial charge is 0.419 e. The van der Waals surface area contributed by atoms with Gasteiger partial charge in [-0.25, -0.2) is 9.97 Å². The highest BCUT2D eigenvalue weighted by atomic mass is 19.4. The van der Waals surface area contributed by atoms with E-state index in [-0.39, 0.29) is 30.3 Å². The Kier molecular flexibility index (Phi) is 6.91. The maximum atomic E-state index is 13.3. The number of anilines is 1. The van der Waals surface area contributed by atoms with Crippen molar-refractivity contribution in [1.82, 2.24) is 24.3 Å². The van der Waals surface area contributed by atoms with Crippen molar-refractivity contribution in [2.75, 3.05) is 31.6 Å². The van der Waals surface area contributed by atoms with E-state index in [1.165, 1.54) is 0 Å². The van der Waals surface area contributed by atoms with Crippen molar-refractivity contribution in [3.8, 4) is 0 Å². The highest BCUT2D eigenvalue weighted by Crippen LogP contribution is 2.29. The molecule has 3 amide bonds. The van der Waals surface area contributed by atoms with Crippen LogP contribution in [0.25, 0.3) is 10.9 Å². The van der Waals surface area contributed by atoms with Gasteiger partial charge in [0.1, 0.15) is 12.6 Å². The van der Waals surface area contributed by atoms with Gasteiger partial charge in [-0.05, 0) is 42.8 Å². The number of likely N-dealkylation sites (N-methyl/N-ethyl adjacent to an activating group) is 1. The topological polar surface area (TPSA) is 118 Å². The first-order chi connectivity index (χ1) is 18.5. The Hall–Kier alpha value is -4.16. The average Bonchev–Trinajstić information content (AvgIpc) is 3.29. The minimum absolute atomic E-state index is 0.0325. The first-order valence-electron chi connectivity index (χ1n) is 12.6. The fourth-order valence-electron chi connectivity index (χ4n) is 5.15. The molecular formula is C26H28F3N7O3. The van der Waals surface area contributed by atoms with E-state index >= 15 is 0 Å². The predicted octanol–water partition coefficient (Wildman–Crippen LogP) is 2.28. The van der Waals surface area contributed by atoms with Gasteiger partial charge in [0.05, 0.1) is 5.56 Å². The van der Waals surface area contributed by atoms with Crippen LogP contribution in [0.1, 0.15) is 35.2 Å². The molecule has 0 saturated carbocycles. The number of aromatic nitrogens is 3. The number of benzene rings is 1. The maximum Gasteiger partial charge on any atom is 0.419 e. The Morgan fingerprint density at radius 2 is 1.74 bits per heavy atom. The highest BCUT2D eigenvalue weighted by molar-refractivity contribution is 5.97. The van der Waals surface area contributed by atoms with E-state index in [1.54, 1.807) is 50.7 Å². The van der Waals surface area contributed by atoms with Crippen molar-refractivity contribution in [2.45, 2.75) is 44.1 Å². The lowest BCUT2D eigenvalue weighted by Crippen LogP contribution is -2.61. The molecule has 2 saturated heterocycles. The molecule has 2 aliphatic heterocycles. The van der Waals surface area contributed by atoms with E-state index < -0.39 is 23.7 Å². The number of fused-ring (bicyclic) bond motifs is 1. The van der Waals surface area contributed by atoms with E-state index in [4.69, 9.17) is 5.73 Å². The zero-order valence-corrected chi connectivity index (χ0v) is 21.3. The summed E-state index contributed by atoms with van der Waals surface area (Å²) in [5.74, 6) is -0.645. The van der Waals surface area contributed by atoms with Gasteiger partial charge in [0.15, 0.2) is 0 Å². The lowest BCUT2D eigenvalue weighted by atomic mass is 9.98. The van der Waals surface area contributed by atoms with Crippen LogP contribution in [-0.2, 0) is 22.3 Å². The van der Waals surface area contributed by atoms with Crippen LogP contribution >= 0.6 is 0 Å². The maximum absolute atomic E-state index is 13.3. The number of primary amides is 1. The summed E-state index contributed by atoms with van der Waals surface area (Å²) in [5, 5.41) is 0.872. The predicted molar refractivity (Wildman–Crippen MR) is 136 cm³/mol. The van der Waals surface area contributed by atoms with Gasteiger partial charge in [-0.15, -0.1) is 0 Å². The number of halogens is 3. The molecule has 1 unspecified atom stereocenters. The monoisotopic (exact) mass is 543 g/mol. The van der Waals surface area contributed by atoms with Crippen molar-refractivity contribution in [3.05, 3.63) is 54.0 Å². The number of piperidine rings is 1. The number of nitrogens with two attached hydrogens (primary N) is 1. The van der Waals surface area contributed by atoms with Crippen LogP contribution in [0, 0.1) is 0 Å². The molecule has 2 aromatic heterocycles. The van der Waals surface area contributed by atoms with Crippen molar-refractivity contribution in [2.24, 2.45) is 5.73 Å². The van der Waals surface area contributed by atoms with Gasteiger partial charge in [-0.1, -0.05) is 6.07 Å². The molecule has 0 bridgehead atoms. The van der Waals surface area contributed by atoms with E-state index in [0.29, 0.717) is 50.0 Å². The molecule has 1 atom stereocenters. The molecule has 13 heteroatoms. The van der Waals surface area contributed by atoms with Crippen LogP contribution in [0.2, 0.25) is 0 Å². The van der Waals surface area contributed by atoms with Crippen LogP contribution < -0.4 is 10.6 Å². The third-order valence-electron chi connectivity index (χ3n) is 7.60. The molecule has 1 aromatic carbocycles. The highest BCUT2D eigenvalue weighted by Gasteiger charge is 2.41. The molecule has 10 nitrogen and oxygen atoms in total. The fourth-order valence-corrected chi connectivity index (χ4v) is 5.15. The van der Waals surface area contributed by atoms with Gasteiger partial charge in [-0.3, -0.25) is 14.4 Å². The van der Waals surface area contributed by atoms with Crippen molar-refractivity contribution in [1.29, 1.82) is 0 Å². The second kappa shape index (κ2) is 10.2. The Morgan fingerprint density at radius 1 is 1.05 bits per heavy atom. The van der Waals surface area contributed by atoms with E-state index in [1.807, 2.05) is 6.07 Å². The SMILES string of the molecule is CN(C(=O)C1CCN1C(=O)Cn1ccc2ccc(C(N)=O)cc21)C1CCN(c2ncc(C(F)(F)F)cn2)CC1. The fraction of sp³-hybridized carbons (Fsp3) is 0.423. The average molecular weight is 544 g/mol. The summed E-state index contributed by atoms with van der Waals surface area (Å²) in [5.41, 5.74) is 5.56. The van der Waals surface area contributed by atoms with Gasteiger partial charge in [0.2, 0.25) is 23.7 Å². The van der Waals surface area contributed by atoms with Gasteiger partial charge in [-0.2, -0.15) is 13.2 Å². The molecule has 39 heavy (non-hydrogen) atoms. The zero-order valence-electron chi connectivity index (χ0n) is 21.3. The van der Waals surface area contributed by atoms with Crippen molar-refractivity contribution >= 4 is 34.6 Å². The summed E-state index contributed by atoms with van der Waals surface area (Å²) in [6, 6.07) is 6.30. The molecule has 0 spiro atoms. The zero-order chi connectivity index (χ0) is 27.9. The summed E-state index contributed by atoms with van der Waals surface area (Å²) in [6.07, 6.45) is 0.611. The Labute approximate surface area is 222 Å². The van der Waals surface area contributed by atoms with Crippen LogP contribution in [0.4, 0.5) is 19.1 Å². The molecule has 2 aliphatic rings. The van der Waals surface area contributed by atoms with E-state index in [0.717, 1.165) is 17.8 Å². The molecular weight excluding hydrogens is 515 g/mol. The molecule has 206 valence electrons. The van der Waals surface area contributed by atoms with Gasteiger partial charge in [0, 0.05) is 62.4 Å². The van der Waals surface area contributed by atoms with Gasteiger partial charge >= 0.3 is 6.18 Å². The molecule has 4 heterocycles. The number of hydrogen-bond donors (Lipinski definition) is 1. The molecule has 5 rings (SSSR count). The normalized spacial score (nSPS) is 18.2. The molecule has 0 aliphatic carbocycles. The lowest BCUT2D eigenvalue weighted by molar-refractivity contribution is -0.153. The van der Waals surface area contributed by atoms with Crippen LogP contribution in [0.5, 0.6) is 0 Å². The summed E-state index contributed by atoms with van der Waals surface area (Å²) in [4.78, 5) is 50.7. The first kappa shape index (κ1) is 26.4. The van der Waals surface area contributed by atoms with Crippen LogP contribution in [-0.4, -0.2) is 80.8 Å². The summed E-state index contributed by atoms with van der Waals surface area (Å²) in [6.45, 7) is 1.51. The first-order valence-corrected chi connectivity index (χ1v) is 12.6. The Morgan fingerprint density at radius 3 is 2.33 bits per heavy atom. The third-order valence-corrected chi connectivity index (χ3v) is 7.60. The summed E-state index contributed by atoms with van der Waals surface area (Å²) < 4.78 is 40.1. The third kappa shape index (κ3) is 5.25. The Balaban J connectivity index is 1.17. The summed E-state index contributed by atoms with van der Waals surface area (Å²) in [7, 11) is 1.73. The number of nitrogens with zero attached hydrogens (tertiary/aromatic N) is 6. The van der Waals surface area contributed by atoms with E-state index in [9.17, 15) is 27.6 Å². The summed E-state index contributed by atoms with van der Waals surface area (Å²) >= 11 is 0. The second-order valence-electron chi connectivity index (χ2n) is 9.91. The number of rotatable bonds is 6. The molecule has 2 N–H and O–H groups in total. The Bertz CT molecular complexity index is 1400. The van der Waals surface area contributed by atoms with Crippen molar-refractivity contribution in [3.63, 3.8) is 0 Å². The number of alkyl halides is 3.